The Labute approximate surface area is 177 Å². The predicted octanol–water partition coefficient (Wildman–Crippen LogP) is 3.29. The number of benzene rings is 1. The standard InChI is InChI=1S/C22H21N3O4S/c1-13(26)19-18(14-7-3-2-4-8-14)24-22(30-19)23-17(27)11-12-25-20(28)15-9-5-6-10-16(15)21(25)29/h2-8,15-16H,9-12H2,1H3,(H,23,24,27)/t15-,16+. The number of nitrogens with zero attached hydrogens (tertiary/aromatic N) is 2. The van der Waals surface area contributed by atoms with Gasteiger partial charge in [-0.05, 0) is 12.8 Å². The van der Waals surface area contributed by atoms with Crippen LogP contribution in [0.2, 0.25) is 0 Å². The van der Waals surface area contributed by atoms with Crippen LogP contribution in [0.15, 0.2) is 42.5 Å². The van der Waals surface area contributed by atoms with Crippen LogP contribution in [-0.4, -0.2) is 39.9 Å². The Kier molecular flexibility index (Phi) is 5.59. The molecule has 0 saturated carbocycles. The molecule has 30 heavy (non-hydrogen) atoms. The van der Waals surface area contributed by atoms with Crippen molar-refractivity contribution < 1.29 is 19.2 Å². The number of fused-ring (bicyclic) bond motifs is 1. The summed E-state index contributed by atoms with van der Waals surface area (Å²) in [6.45, 7) is 1.51. The number of hydrogen-bond acceptors (Lipinski definition) is 6. The summed E-state index contributed by atoms with van der Waals surface area (Å²) >= 11 is 1.12. The van der Waals surface area contributed by atoms with Crippen LogP contribution in [0.3, 0.4) is 0 Å². The predicted molar refractivity (Wildman–Crippen MR) is 113 cm³/mol. The smallest absolute Gasteiger partial charge is 0.233 e. The van der Waals surface area contributed by atoms with E-state index in [1.54, 1.807) is 0 Å². The first-order valence-corrected chi connectivity index (χ1v) is 10.6. The summed E-state index contributed by atoms with van der Waals surface area (Å²) in [6, 6.07) is 9.29. The molecule has 1 aromatic heterocycles. The molecule has 3 amide bonds. The molecule has 0 radical (unpaired) electrons. The molecule has 1 fully saturated rings. The Bertz CT molecular complexity index is 1020. The van der Waals surface area contributed by atoms with E-state index in [9.17, 15) is 19.2 Å². The van der Waals surface area contributed by atoms with E-state index in [0.29, 0.717) is 28.5 Å². The summed E-state index contributed by atoms with van der Waals surface area (Å²) in [5.41, 5.74) is 1.33. The van der Waals surface area contributed by atoms with Crippen molar-refractivity contribution in [2.24, 2.45) is 11.8 Å². The fourth-order valence-corrected chi connectivity index (χ4v) is 4.79. The highest BCUT2D eigenvalue weighted by atomic mass is 32.1. The minimum atomic E-state index is -0.355. The lowest BCUT2D eigenvalue weighted by molar-refractivity contribution is -0.140. The van der Waals surface area contributed by atoms with Crippen molar-refractivity contribution in [3.8, 4) is 11.3 Å². The largest absolute Gasteiger partial charge is 0.302 e. The highest BCUT2D eigenvalue weighted by Gasteiger charge is 2.46. The molecule has 2 heterocycles. The van der Waals surface area contributed by atoms with Gasteiger partial charge in [-0.2, -0.15) is 0 Å². The fraction of sp³-hybridized carbons (Fsp3) is 0.318. The van der Waals surface area contributed by atoms with Crippen molar-refractivity contribution in [3.05, 3.63) is 47.4 Å². The number of anilines is 1. The van der Waals surface area contributed by atoms with Crippen LogP contribution in [0.4, 0.5) is 5.13 Å². The molecule has 7 nitrogen and oxygen atoms in total. The quantitative estimate of drug-likeness (QED) is 0.437. The molecule has 154 valence electrons. The molecule has 1 saturated heterocycles. The molecule has 0 spiro atoms. The van der Waals surface area contributed by atoms with Gasteiger partial charge < -0.3 is 5.32 Å². The van der Waals surface area contributed by atoms with E-state index in [2.05, 4.69) is 10.3 Å². The van der Waals surface area contributed by atoms with Crippen LogP contribution in [0.25, 0.3) is 11.3 Å². The van der Waals surface area contributed by atoms with Gasteiger partial charge in [-0.15, -0.1) is 0 Å². The third kappa shape index (κ3) is 3.82. The number of amides is 3. The van der Waals surface area contributed by atoms with Gasteiger partial charge in [-0.25, -0.2) is 4.98 Å². The lowest BCUT2D eigenvalue weighted by Crippen LogP contribution is -2.34. The number of allylic oxidation sites excluding steroid dienone is 2. The van der Waals surface area contributed by atoms with E-state index in [4.69, 9.17) is 0 Å². The Balaban J connectivity index is 1.42. The molecule has 1 N–H and O–H groups in total. The zero-order valence-corrected chi connectivity index (χ0v) is 17.3. The third-order valence-corrected chi connectivity index (χ3v) is 6.47. The maximum absolute atomic E-state index is 12.5. The highest BCUT2D eigenvalue weighted by Crippen LogP contribution is 2.35. The van der Waals surface area contributed by atoms with Gasteiger partial charge in [-0.3, -0.25) is 24.1 Å². The molecule has 2 aliphatic rings. The molecular weight excluding hydrogens is 402 g/mol. The molecule has 0 bridgehead atoms. The van der Waals surface area contributed by atoms with E-state index in [1.807, 2.05) is 42.5 Å². The second-order valence-electron chi connectivity index (χ2n) is 7.40. The van der Waals surface area contributed by atoms with Gasteiger partial charge >= 0.3 is 0 Å². The number of rotatable bonds is 6. The molecule has 0 unspecified atom stereocenters. The Morgan fingerprint density at radius 1 is 1.10 bits per heavy atom. The second kappa shape index (κ2) is 8.31. The normalized spacial score (nSPS) is 20.4. The summed E-state index contributed by atoms with van der Waals surface area (Å²) in [6.07, 6.45) is 5.00. The summed E-state index contributed by atoms with van der Waals surface area (Å²) in [4.78, 5) is 55.5. The van der Waals surface area contributed by atoms with Crippen molar-refractivity contribution in [3.63, 3.8) is 0 Å². The SMILES string of the molecule is CC(=O)c1sc(NC(=O)CCN2C(=O)[C@H]3CC=CC[C@H]3C2=O)nc1-c1ccccc1. The maximum Gasteiger partial charge on any atom is 0.233 e. The first-order valence-electron chi connectivity index (χ1n) is 9.83. The van der Waals surface area contributed by atoms with Gasteiger partial charge in [0.15, 0.2) is 10.9 Å². The Morgan fingerprint density at radius 3 is 2.33 bits per heavy atom. The average Bonchev–Trinajstić information content (AvgIpc) is 3.27. The van der Waals surface area contributed by atoms with Gasteiger partial charge in [-0.1, -0.05) is 53.8 Å². The second-order valence-corrected chi connectivity index (χ2v) is 8.40. The van der Waals surface area contributed by atoms with Crippen molar-refractivity contribution in [1.82, 2.24) is 9.88 Å². The number of imide groups is 1. The van der Waals surface area contributed by atoms with Crippen LogP contribution in [0, 0.1) is 11.8 Å². The molecule has 8 heteroatoms. The average molecular weight is 423 g/mol. The van der Waals surface area contributed by atoms with Crippen LogP contribution < -0.4 is 5.32 Å². The Hall–Kier alpha value is -3.13. The maximum atomic E-state index is 12.5. The fourth-order valence-electron chi connectivity index (χ4n) is 3.89. The lowest BCUT2D eigenvalue weighted by atomic mass is 9.85. The van der Waals surface area contributed by atoms with Crippen molar-refractivity contribution in [2.75, 3.05) is 11.9 Å². The Morgan fingerprint density at radius 2 is 1.73 bits per heavy atom. The van der Waals surface area contributed by atoms with Crippen molar-refractivity contribution in [1.29, 1.82) is 0 Å². The molecular formula is C22H21N3O4S. The molecule has 2 atom stereocenters. The van der Waals surface area contributed by atoms with Crippen molar-refractivity contribution >= 4 is 40.0 Å². The van der Waals surface area contributed by atoms with E-state index in [-0.39, 0.29) is 48.3 Å². The van der Waals surface area contributed by atoms with E-state index >= 15 is 0 Å². The topological polar surface area (TPSA) is 96.4 Å². The number of likely N-dealkylation sites (tertiary alicyclic amines) is 1. The van der Waals surface area contributed by atoms with E-state index < -0.39 is 0 Å². The first-order chi connectivity index (χ1) is 14.5. The van der Waals surface area contributed by atoms with E-state index in [0.717, 1.165) is 16.9 Å². The number of thiazole rings is 1. The minimum absolute atomic E-state index is 0.0139. The summed E-state index contributed by atoms with van der Waals surface area (Å²) < 4.78 is 0. The number of nitrogens with one attached hydrogen (secondary N) is 1. The van der Waals surface area contributed by atoms with Gasteiger partial charge in [0.1, 0.15) is 0 Å². The van der Waals surface area contributed by atoms with E-state index in [1.165, 1.54) is 11.8 Å². The molecule has 4 rings (SSSR count). The van der Waals surface area contributed by atoms with Crippen molar-refractivity contribution in [2.45, 2.75) is 26.2 Å². The monoisotopic (exact) mass is 423 g/mol. The zero-order chi connectivity index (χ0) is 21.3. The van der Waals surface area contributed by atoms with Gasteiger partial charge in [0.2, 0.25) is 17.7 Å². The van der Waals surface area contributed by atoms with Crippen LogP contribution in [-0.2, 0) is 14.4 Å². The number of ketones is 1. The van der Waals surface area contributed by atoms with Crippen LogP contribution in [0.1, 0.15) is 35.9 Å². The summed E-state index contributed by atoms with van der Waals surface area (Å²) in [7, 11) is 0. The number of Topliss-reactive ketones (excluding diaryl/α,β-unsaturated/α-hetero) is 1. The summed E-state index contributed by atoms with van der Waals surface area (Å²) in [5, 5.41) is 3.02. The molecule has 1 aliphatic heterocycles. The van der Waals surface area contributed by atoms with Crippen LogP contribution >= 0.6 is 11.3 Å². The first kappa shape index (κ1) is 20.2. The van der Waals surface area contributed by atoms with Gasteiger partial charge in [0, 0.05) is 25.5 Å². The minimum Gasteiger partial charge on any atom is -0.302 e. The number of carbonyl (C=O) groups is 4. The van der Waals surface area contributed by atoms with Crippen LogP contribution in [0.5, 0.6) is 0 Å². The molecule has 2 aromatic rings. The number of carbonyl (C=O) groups excluding carboxylic acids is 4. The number of hydrogen-bond donors (Lipinski definition) is 1. The third-order valence-electron chi connectivity index (χ3n) is 5.40. The summed E-state index contributed by atoms with van der Waals surface area (Å²) in [5.74, 6) is -1.46. The number of aromatic nitrogens is 1. The van der Waals surface area contributed by atoms with Gasteiger partial charge in [0.25, 0.3) is 0 Å². The van der Waals surface area contributed by atoms with Gasteiger partial charge in [0.05, 0.1) is 22.4 Å². The lowest BCUT2D eigenvalue weighted by Gasteiger charge is -2.14. The highest BCUT2D eigenvalue weighted by molar-refractivity contribution is 7.18. The molecule has 1 aliphatic carbocycles. The molecule has 1 aromatic carbocycles. The zero-order valence-electron chi connectivity index (χ0n) is 16.5.